The number of ether oxygens (including phenoxy) is 1. The summed E-state index contributed by atoms with van der Waals surface area (Å²) in [6.07, 6.45) is 6.78. The number of imidazole rings is 1. The van der Waals surface area contributed by atoms with Crippen LogP contribution in [0.25, 0.3) is 0 Å². The SMILES string of the molecule is Cn1ccnc1[C@H]1OCC[C@@H]1NC(=O)NC[C@@H]1CCCS1. The van der Waals surface area contributed by atoms with Gasteiger partial charge in [-0.25, -0.2) is 9.78 Å². The standard InChI is InChI=1S/C14H22N4O2S/c1-18-6-5-15-13(18)12-11(4-7-20-12)17-14(19)16-9-10-3-2-8-21-10/h5-6,10-12H,2-4,7-9H2,1H3,(H2,16,17,19)/t10-,11-,12-/m0/s1. The maximum Gasteiger partial charge on any atom is 0.315 e. The van der Waals surface area contributed by atoms with Gasteiger partial charge in [-0.3, -0.25) is 0 Å². The normalized spacial score (nSPS) is 28.7. The minimum Gasteiger partial charge on any atom is -0.368 e. The fraction of sp³-hybridized carbons (Fsp3) is 0.714. The van der Waals surface area contributed by atoms with Crippen molar-refractivity contribution in [2.24, 2.45) is 7.05 Å². The van der Waals surface area contributed by atoms with Crippen molar-refractivity contribution >= 4 is 17.8 Å². The van der Waals surface area contributed by atoms with Crippen molar-refractivity contribution in [1.82, 2.24) is 20.2 Å². The molecule has 0 unspecified atom stereocenters. The summed E-state index contributed by atoms with van der Waals surface area (Å²) in [5, 5.41) is 6.58. The zero-order valence-corrected chi connectivity index (χ0v) is 13.1. The van der Waals surface area contributed by atoms with Crippen LogP contribution in [0.15, 0.2) is 12.4 Å². The second kappa shape index (κ2) is 6.70. The Morgan fingerprint density at radius 1 is 1.57 bits per heavy atom. The van der Waals surface area contributed by atoms with E-state index in [2.05, 4.69) is 15.6 Å². The molecular weight excluding hydrogens is 288 g/mol. The summed E-state index contributed by atoms with van der Waals surface area (Å²) in [5.74, 6) is 2.08. The minimum absolute atomic E-state index is 0.0117. The average Bonchev–Trinajstić information content (AvgIpc) is 3.18. The number of carbonyl (C=O) groups excluding carboxylic acids is 1. The topological polar surface area (TPSA) is 68.2 Å². The van der Waals surface area contributed by atoms with Crippen LogP contribution in [0.2, 0.25) is 0 Å². The Morgan fingerprint density at radius 2 is 2.48 bits per heavy atom. The first kappa shape index (κ1) is 14.7. The molecule has 3 heterocycles. The number of rotatable bonds is 4. The molecule has 3 rings (SSSR count). The summed E-state index contributed by atoms with van der Waals surface area (Å²) in [7, 11) is 1.94. The van der Waals surface area contributed by atoms with Crippen molar-refractivity contribution in [3.05, 3.63) is 18.2 Å². The molecule has 0 aliphatic carbocycles. The fourth-order valence-corrected chi connectivity index (χ4v) is 4.08. The number of aromatic nitrogens is 2. The number of hydrogen-bond donors (Lipinski definition) is 2. The molecule has 2 aliphatic heterocycles. The Hall–Kier alpha value is -1.21. The van der Waals surface area contributed by atoms with Gasteiger partial charge in [-0.2, -0.15) is 11.8 Å². The summed E-state index contributed by atoms with van der Waals surface area (Å²) in [4.78, 5) is 16.4. The summed E-state index contributed by atoms with van der Waals surface area (Å²) in [6.45, 7) is 1.40. The Bertz CT molecular complexity index is 487. The lowest BCUT2D eigenvalue weighted by atomic mass is 10.1. The van der Waals surface area contributed by atoms with Gasteiger partial charge in [-0.05, 0) is 25.0 Å². The van der Waals surface area contributed by atoms with Gasteiger partial charge in [0.25, 0.3) is 0 Å². The number of nitrogens with one attached hydrogen (secondary N) is 2. The zero-order valence-electron chi connectivity index (χ0n) is 12.2. The molecular formula is C14H22N4O2S. The van der Waals surface area contributed by atoms with Crippen molar-refractivity contribution in [2.45, 2.75) is 36.7 Å². The van der Waals surface area contributed by atoms with E-state index < -0.39 is 0 Å². The van der Waals surface area contributed by atoms with E-state index in [9.17, 15) is 4.79 Å². The summed E-state index contributed by atoms with van der Waals surface area (Å²) in [6, 6.07) is -0.112. The van der Waals surface area contributed by atoms with Crippen LogP contribution in [0.5, 0.6) is 0 Å². The Kier molecular flexibility index (Phi) is 4.70. The summed E-state index contributed by atoms with van der Waals surface area (Å²) in [5.41, 5.74) is 0. The van der Waals surface area contributed by atoms with Gasteiger partial charge in [-0.15, -0.1) is 0 Å². The van der Waals surface area contributed by atoms with E-state index in [-0.39, 0.29) is 18.2 Å². The quantitative estimate of drug-likeness (QED) is 0.883. The van der Waals surface area contributed by atoms with Crippen molar-refractivity contribution < 1.29 is 9.53 Å². The van der Waals surface area contributed by atoms with Gasteiger partial charge >= 0.3 is 6.03 Å². The molecule has 3 atom stereocenters. The van der Waals surface area contributed by atoms with E-state index in [1.807, 2.05) is 29.6 Å². The van der Waals surface area contributed by atoms with Crippen LogP contribution in [0.4, 0.5) is 4.79 Å². The predicted molar refractivity (Wildman–Crippen MR) is 82.3 cm³/mol. The lowest BCUT2D eigenvalue weighted by Gasteiger charge is -2.20. The maximum absolute atomic E-state index is 12.0. The van der Waals surface area contributed by atoms with Gasteiger partial charge in [0.05, 0.1) is 6.04 Å². The predicted octanol–water partition coefficient (Wildman–Crippen LogP) is 1.44. The number of thioether (sulfide) groups is 1. The molecule has 21 heavy (non-hydrogen) atoms. The van der Waals surface area contributed by atoms with Crippen LogP contribution in [-0.2, 0) is 11.8 Å². The van der Waals surface area contributed by atoms with E-state index in [0.717, 1.165) is 18.8 Å². The van der Waals surface area contributed by atoms with Gasteiger partial charge in [0.1, 0.15) is 11.9 Å². The van der Waals surface area contributed by atoms with Gasteiger partial charge in [0.15, 0.2) is 0 Å². The minimum atomic E-state index is -0.156. The third-order valence-electron chi connectivity index (χ3n) is 4.04. The third-order valence-corrected chi connectivity index (χ3v) is 5.43. The average molecular weight is 310 g/mol. The molecule has 2 saturated heterocycles. The van der Waals surface area contributed by atoms with Crippen LogP contribution in [-0.4, -0.2) is 45.8 Å². The largest absolute Gasteiger partial charge is 0.368 e. The highest BCUT2D eigenvalue weighted by molar-refractivity contribution is 8.00. The van der Waals surface area contributed by atoms with Crippen LogP contribution in [0.3, 0.4) is 0 Å². The van der Waals surface area contributed by atoms with Gasteiger partial charge in [-0.1, -0.05) is 0 Å². The highest BCUT2D eigenvalue weighted by atomic mass is 32.2. The number of aryl methyl sites for hydroxylation is 1. The van der Waals surface area contributed by atoms with Crippen molar-refractivity contribution in [3.8, 4) is 0 Å². The molecule has 2 N–H and O–H groups in total. The van der Waals surface area contributed by atoms with Gasteiger partial charge in [0.2, 0.25) is 0 Å². The van der Waals surface area contributed by atoms with Crippen LogP contribution < -0.4 is 10.6 Å². The summed E-state index contributed by atoms with van der Waals surface area (Å²) < 4.78 is 7.68. The zero-order chi connectivity index (χ0) is 14.7. The highest BCUT2D eigenvalue weighted by Crippen LogP contribution is 2.28. The lowest BCUT2D eigenvalue weighted by Crippen LogP contribution is -2.45. The lowest BCUT2D eigenvalue weighted by molar-refractivity contribution is 0.0908. The number of urea groups is 1. The molecule has 6 nitrogen and oxygen atoms in total. The highest BCUT2D eigenvalue weighted by Gasteiger charge is 2.33. The van der Waals surface area contributed by atoms with E-state index in [0.29, 0.717) is 11.9 Å². The number of amides is 2. The summed E-state index contributed by atoms with van der Waals surface area (Å²) >= 11 is 1.95. The molecule has 0 spiro atoms. The van der Waals surface area contributed by atoms with E-state index in [1.54, 1.807) is 6.20 Å². The molecule has 0 saturated carbocycles. The first-order valence-corrected chi connectivity index (χ1v) is 8.53. The second-order valence-electron chi connectivity index (χ2n) is 5.57. The molecule has 7 heteroatoms. The van der Waals surface area contributed by atoms with Crippen LogP contribution >= 0.6 is 11.8 Å². The number of nitrogens with zero attached hydrogens (tertiary/aromatic N) is 2. The molecule has 116 valence electrons. The van der Waals surface area contributed by atoms with E-state index in [1.165, 1.54) is 18.6 Å². The molecule has 1 aromatic heterocycles. The van der Waals surface area contributed by atoms with E-state index in [4.69, 9.17) is 4.74 Å². The van der Waals surface area contributed by atoms with Gasteiger partial charge in [0, 0.05) is 37.8 Å². The van der Waals surface area contributed by atoms with Crippen molar-refractivity contribution in [1.29, 1.82) is 0 Å². The molecule has 2 aliphatic rings. The first-order chi connectivity index (χ1) is 10.2. The number of carbonyl (C=O) groups is 1. The second-order valence-corrected chi connectivity index (χ2v) is 6.98. The maximum atomic E-state index is 12.0. The van der Waals surface area contributed by atoms with Crippen LogP contribution in [0.1, 0.15) is 31.2 Å². The number of hydrogen-bond acceptors (Lipinski definition) is 4. The van der Waals surface area contributed by atoms with Gasteiger partial charge < -0.3 is 19.9 Å². The Labute approximate surface area is 129 Å². The third kappa shape index (κ3) is 3.52. The molecule has 0 aromatic carbocycles. The molecule has 2 fully saturated rings. The van der Waals surface area contributed by atoms with Crippen molar-refractivity contribution in [2.75, 3.05) is 18.9 Å². The molecule has 0 radical (unpaired) electrons. The van der Waals surface area contributed by atoms with Crippen LogP contribution in [0, 0.1) is 0 Å². The Balaban J connectivity index is 1.51. The molecule has 0 bridgehead atoms. The molecule has 1 aromatic rings. The first-order valence-electron chi connectivity index (χ1n) is 7.49. The Morgan fingerprint density at radius 3 is 3.19 bits per heavy atom. The monoisotopic (exact) mass is 310 g/mol. The fourth-order valence-electron chi connectivity index (χ4n) is 2.87. The molecule has 2 amide bonds. The van der Waals surface area contributed by atoms with E-state index >= 15 is 0 Å². The van der Waals surface area contributed by atoms with Crippen molar-refractivity contribution in [3.63, 3.8) is 0 Å². The smallest absolute Gasteiger partial charge is 0.315 e.